The highest BCUT2D eigenvalue weighted by Crippen LogP contribution is 2.21. The Morgan fingerprint density at radius 2 is 1.96 bits per heavy atom. The number of nitrogens with zero attached hydrogens (tertiary/aromatic N) is 1. The molecule has 2 N–H and O–H groups in total. The third kappa shape index (κ3) is 5.85. The standard InChI is InChI=1S/C21H28N2O5/c1-6-27-23-14(4)18(21(24)25)11-16-7-9-17(10-8-16)26-12-19-15(5)28-20(22-19)13(2)3/h7-10,13,23H,6,11-12H2,1-5H3,(H,24,25). The summed E-state index contributed by atoms with van der Waals surface area (Å²) in [6.07, 6.45) is 0.279. The van der Waals surface area contributed by atoms with Gasteiger partial charge in [-0.05, 0) is 38.5 Å². The summed E-state index contributed by atoms with van der Waals surface area (Å²) in [5.41, 5.74) is 5.03. The highest BCUT2D eigenvalue weighted by molar-refractivity contribution is 5.87. The van der Waals surface area contributed by atoms with Crippen molar-refractivity contribution in [1.29, 1.82) is 0 Å². The van der Waals surface area contributed by atoms with Crippen LogP contribution >= 0.6 is 0 Å². The first-order valence-corrected chi connectivity index (χ1v) is 9.30. The van der Waals surface area contributed by atoms with Crippen LogP contribution in [0, 0.1) is 6.92 Å². The molecule has 0 amide bonds. The zero-order chi connectivity index (χ0) is 20.7. The van der Waals surface area contributed by atoms with Crippen LogP contribution in [0.1, 0.15) is 56.5 Å². The summed E-state index contributed by atoms with van der Waals surface area (Å²) in [5.74, 6) is 1.39. The van der Waals surface area contributed by atoms with Crippen LogP contribution in [0.3, 0.4) is 0 Å². The molecule has 0 fully saturated rings. The number of rotatable bonds is 10. The monoisotopic (exact) mass is 388 g/mol. The van der Waals surface area contributed by atoms with Crippen molar-refractivity contribution < 1.29 is 23.9 Å². The van der Waals surface area contributed by atoms with Gasteiger partial charge in [-0.25, -0.2) is 9.78 Å². The Kier molecular flexibility index (Phi) is 7.63. The average Bonchev–Trinajstić information content (AvgIpc) is 3.04. The Hall–Kier alpha value is -2.80. The molecule has 152 valence electrons. The lowest BCUT2D eigenvalue weighted by Gasteiger charge is -2.11. The fourth-order valence-electron chi connectivity index (χ4n) is 2.50. The quantitative estimate of drug-likeness (QED) is 0.467. The molecule has 1 heterocycles. The van der Waals surface area contributed by atoms with Gasteiger partial charge in [0.1, 0.15) is 23.8 Å². The molecule has 0 saturated carbocycles. The molecule has 0 atom stereocenters. The zero-order valence-corrected chi connectivity index (χ0v) is 17.0. The van der Waals surface area contributed by atoms with Gasteiger partial charge in [0, 0.05) is 18.0 Å². The van der Waals surface area contributed by atoms with E-state index in [1.807, 2.05) is 52.0 Å². The van der Waals surface area contributed by atoms with Crippen molar-refractivity contribution in [1.82, 2.24) is 10.5 Å². The van der Waals surface area contributed by atoms with Crippen LogP contribution in [0.15, 0.2) is 40.0 Å². The maximum absolute atomic E-state index is 11.5. The van der Waals surface area contributed by atoms with E-state index >= 15 is 0 Å². The molecule has 1 aromatic heterocycles. The van der Waals surface area contributed by atoms with Crippen molar-refractivity contribution in [3.05, 3.63) is 58.4 Å². The van der Waals surface area contributed by atoms with Crippen molar-refractivity contribution in [3.63, 3.8) is 0 Å². The van der Waals surface area contributed by atoms with Gasteiger partial charge in [-0.3, -0.25) is 10.3 Å². The first-order valence-electron chi connectivity index (χ1n) is 9.30. The molecule has 0 radical (unpaired) electrons. The van der Waals surface area contributed by atoms with Gasteiger partial charge in [-0.15, -0.1) is 0 Å². The molecular formula is C21H28N2O5. The molecule has 0 spiro atoms. The average molecular weight is 388 g/mol. The molecule has 2 rings (SSSR count). The molecule has 0 bridgehead atoms. The van der Waals surface area contributed by atoms with E-state index in [-0.39, 0.29) is 17.9 Å². The molecule has 28 heavy (non-hydrogen) atoms. The van der Waals surface area contributed by atoms with E-state index < -0.39 is 5.97 Å². The van der Waals surface area contributed by atoms with Crippen LogP contribution in [0.25, 0.3) is 0 Å². The van der Waals surface area contributed by atoms with E-state index in [4.69, 9.17) is 14.0 Å². The number of aliphatic carboxylic acids is 1. The molecule has 0 saturated heterocycles. The molecular weight excluding hydrogens is 360 g/mol. The van der Waals surface area contributed by atoms with Gasteiger partial charge in [0.25, 0.3) is 0 Å². The second kappa shape index (κ2) is 9.94. The van der Waals surface area contributed by atoms with Crippen LogP contribution in [0.4, 0.5) is 0 Å². The van der Waals surface area contributed by atoms with Crippen LogP contribution in [0.5, 0.6) is 5.75 Å². The Balaban J connectivity index is 2.01. The smallest absolute Gasteiger partial charge is 0.333 e. The number of ether oxygens (including phenoxy) is 1. The van der Waals surface area contributed by atoms with Crippen molar-refractivity contribution in [2.75, 3.05) is 6.61 Å². The van der Waals surface area contributed by atoms with E-state index in [9.17, 15) is 9.90 Å². The molecule has 0 aliphatic heterocycles. The molecule has 0 unspecified atom stereocenters. The van der Waals surface area contributed by atoms with Crippen molar-refractivity contribution in [2.24, 2.45) is 0 Å². The summed E-state index contributed by atoms with van der Waals surface area (Å²) in [6, 6.07) is 7.33. The SMILES string of the molecule is CCONC(C)=C(Cc1ccc(OCc2nc(C(C)C)oc2C)cc1)C(=O)O. The molecule has 0 aliphatic rings. The zero-order valence-electron chi connectivity index (χ0n) is 17.0. The van der Waals surface area contributed by atoms with Crippen LogP contribution < -0.4 is 10.2 Å². The number of oxazole rings is 1. The minimum atomic E-state index is -0.979. The number of hydrogen-bond donors (Lipinski definition) is 2. The number of nitrogens with one attached hydrogen (secondary N) is 1. The lowest BCUT2D eigenvalue weighted by atomic mass is 10.0. The number of carbonyl (C=O) groups is 1. The predicted molar refractivity (Wildman–Crippen MR) is 105 cm³/mol. The topological polar surface area (TPSA) is 93.8 Å². The van der Waals surface area contributed by atoms with E-state index in [2.05, 4.69) is 10.5 Å². The van der Waals surface area contributed by atoms with Crippen molar-refractivity contribution in [2.45, 2.75) is 53.6 Å². The van der Waals surface area contributed by atoms with E-state index in [0.29, 0.717) is 30.6 Å². The Morgan fingerprint density at radius 3 is 2.50 bits per heavy atom. The second-order valence-corrected chi connectivity index (χ2v) is 6.76. The number of carboxylic acid groups (broad SMARTS) is 1. The van der Waals surface area contributed by atoms with Crippen LogP contribution in [-0.2, 0) is 22.7 Å². The first-order chi connectivity index (χ1) is 13.3. The van der Waals surface area contributed by atoms with Gasteiger partial charge >= 0.3 is 5.97 Å². The maximum atomic E-state index is 11.5. The molecule has 1 aromatic carbocycles. The number of allylic oxidation sites excluding steroid dienone is 1. The van der Waals surface area contributed by atoms with Gasteiger partial charge < -0.3 is 14.3 Å². The van der Waals surface area contributed by atoms with E-state index in [0.717, 1.165) is 17.0 Å². The summed E-state index contributed by atoms with van der Waals surface area (Å²) in [4.78, 5) is 21.1. The fraction of sp³-hybridized carbons (Fsp3) is 0.429. The summed E-state index contributed by atoms with van der Waals surface area (Å²) >= 11 is 0. The Labute approximate surface area is 165 Å². The number of carboxylic acids is 1. The van der Waals surface area contributed by atoms with Gasteiger partial charge in [-0.1, -0.05) is 26.0 Å². The minimum Gasteiger partial charge on any atom is -0.487 e. The normalized spacial score (nSPS) is 12.1. The van der Waals surface area contributed by atoms with Gasteiger partial charge in [0.2, 0.25) is 0 Å². The number of benzene rings is 1. The molecule has 7 heteroatoms. The summed E-state index contributed by atoms with van der Waals surface area (Å²) in [7, 11) is 0. The predicted octanol–water partition coefficient (Wildman–Crippen LogP) is 4.13. The van der Waals surface area contributed by atoms with Gasteiger partial charge in [0.15, 0.2) is 5.89 Å². The molecule has 2 aromatic rings. The summed E-state index contributed by atoms with van der Waals surface area (Å²) in [5, 5.41) is 9.44. The highest BCUT2D eigenvalue weighted by Gasteiger charge is 2.14. The highest BCUT2D eigenvalue weighted by atomic mass is 16.6. The van der Waals surface area contributed by atoms with Crippen molar-refractivity contribution in [3.8, 4) is 5.75 Å². The minimum absolute atomic E-state index is 0.226. The lowest BCUT2D eigenvalue weighted by Crippen LogP contribution is -2.18. The number of aromatic nitrogens is 1. The third-order valence-electron chi connectivity index (χ3n) is 4.16. The van der Waals surface area contributed by atoms with E-state index in [1.54, 1.807) is 6.92 Å². The number of hydroxylamine groups is 1. The van der Waals surface area contributed by atoms with E-state index in [1.165, 1.54) is 0 Å². The number of aryl methyl sites for hydroxylation is 1. The molecule has 0 aliphatic carbocycles. The van der Waals surface area contributed by atoms with Crippen LogP contribution in [-0.4, -0.2) is 22.7 Å². The lowest BCUT2D eigenvalue weighted by molar-refractivity contribution is -0.132. The largest absolute Gasteiger partial charge is 0.487 e. The Morgan fingerprint density at radius 1 is 1.29 bits per heavy atom. The maximum Gasteiger partial charge on any atom is 0.333 e. The fourth-order valence-corrected chi connectivity index (χ4v) is 2.50. The third-order valence-corrected chi connectivity index (χ3v) is 4.16. The van der Waals surface area contributed by atoms with Gasteiger partial charge in [-0.2, -0.15) is 0 Å². The van der Waals surface area contributed by atoms with Crippen LogP contribution in [0.2, 0.25) is 0 Å². The van der Waals surface area contributed by atoms with Gasteiger partial charge in [0.05, 0.1) is 12.2 Å². The number of hydrogen-bond acceptors (Lipinski definition) is 6. The first kappa shape index (κ1) is 21.5. The summed E-state index contributed by atoms with van der Waals surface area (Å²) < 4.78 is 11.4. The second-order valence-electron chi connectivity index (χ2n) is 6.76. The summed E-state index contributed by atoms with van der Waals surface area (Å²) in [6.45, 7) is 10.2. The van der Waals surface area contributed by atoms with Crippen molar-refractivity contribution >= 4 is 5.97 Å². The molecule has 7 nitrogen and oxygen atoms in total. The Bertz CT molecular complexity index is 822.